The molecule has 2 heterocycles. The number of piperidine rings is 1. The highest BCUT2D eigenvalue weighted by atomic mass is 19.1. The van der Waals surface area contributed by atoms with Crippen LogP contribution in [0.15, 0.2) is 16.9 Å². The summed E-state index contributed by atoms with van der Waals surface area (Å²) in [6.45, 7) is 2.85. The SMILES string of the molecule is Cc1c(CC(=O)N[C@@H](C)C2C(F)CC(C#N)C[N+]2=O)c(=O)[nH]c2ccc(F)c(C#N)c12. The molecule has 0 spiro atoms. The van der Waals surface area contributed by atoms with Gasteiger partial charge in [0.05, 0.1) is 29.6 Å². The Balaban J connectivity index is 1.84. The third-order valence-corrected chi connectivity index (χ3v) is 5.65. The van der Waals surface area contributed by atoms with Crippen molar-refractivity contribution in [1.82, 2.24) is 10.3 Å². The minimum atomic E-state index is -1.59. The van der Waals surface area contributed by atoms with Gasteiger partial charge in [-0.2, -0.15) is 10.5 Å². The molecule has 1 aromatic carbocycles. The predicted molar refractivity (Wildman–Crippen MR) is 106 cm³/mol. The number of pyridine rings is 1. The van der Waals surface area contributed by atoms with Gasteiger partial charge in [-0.15, -0.1) is 0 Å². The first kappa shape index (κ1) is 22.0. The second kappa shape index (κ2) is 8.60. The molecule has 1 saturated heterocycles. The number of H-pyrrole nitrogens is 1. The monoisotopic (exact) mass is 428 g/mol. The molecule has 0 saturated carbocycles. The lowest BCUT2D eigenvalue weighted by atomic mass is 9.90. The number of nitrogens with zero attached hydrogens (tertiary/aromatic N) is 3. The minimum absolute atomic E-state index is 0.0447. The van der Waals surface area contributed by atoms with Crippen molar-refractivity contribution < 1.29 is 18.3 Å². The fourth-order valence-corrected chi connectivity index (χ4v) is 4.12. The normalized spacial score (nSPS) is 21.9. The quantitative estimate of drug-likeness (QED) is 0.719. The van der Waals surface area contributed by atoms with Gasteiger partial charge in [0.25, 0.3) is 11.6 Å². The van der Waals surface area contributed by atoms with Crippen molar-refractivity contribution in [2.75, 3.05) is 6.54 Å². The molecule has 10 heteroatoms. The van der Waals surface area contributed by atoms with E-state index < -0.39 is 47.9 Å². The fraction of sp³-hybridized carbons (Fsp3) is 0.429. The van der Waals surface area contributed by atoms with E-state index in [4.69, 9.17) is 5.26 Å². The van der Waals surface area contributed by atoms with E-state index in [1.165, 1.54) is 19.9 Å². The average molecular weight is 428 g/mol. The molecule has 0 bridgehead atoms. The van der Waals surface area contributed by atoms with Gasteiger partial charge in [0.2, 0.25) is 12.5 Å². The van der Waals surface area contributed by atoms with Crippen molar-refractivity contribution in [2.45, 2.75) is 44.9 Å². The maximum atomic E-state index is 14.4. The van der Waals surface area contributed by atoms with E-state index >= 15 is 0 Å². The standard InChI is InChI=1S/C21H19F2N5O3/c1-10-13(21(30)27-17-4-3-15(22)14(8-25)19(10)17)6-18(29)26-11(2)20-16(23)5-12(7-24)9-28(20)31/h3-4,11-12,16,20H,5-6,9H2,1-2H3,(H-,26,27,29,30)/p+1/t11-,12?,16?,20?/m0/s1. The van der Waals surface area contributed by atoms with E-state index in [9.17, 15) is 28.5 Å². The third-order valence-electron chi connectivity index (χ3n) is 5.65. The number of nitrogens with one attached hydrogen (secondary N) is 2. The van der Waals surface area contributed by atoms with E-state index in [0.717, 1.165) is 6.07 Å². The number of nitriles is 2. The number of amides is 1. The van der Waals surface area contributed by atoms with Gasteiger partial charge in [-0.05, 0) is 31.5 Å². The molecule has 1 aliphatic heterocycles. The number of aromatic nitrogens is 1. The van der Waals surface area contributed by atoms with Crippen LogP contribution in [0.25, 0.3) is 10.9 Å². The molecular formula is C21H20F2N5O3+. The Hall–Kier alpha value is -3.66. The Morgan fingerprint density at radius 2 is 2.13 bits per heavy atom. The first-order valence-electron chi connectivity index (χ1n) is 9.68. The Kier molecular flexibility index (Phi) is 6.11. The first-order valence-corrected chi connectivity index (χ1v) is 9.68. The number of carbonyl (C=O) groups is 1. The van der Waals surface area contributed by atoms with E-state index in [-0.39, 0.29) is 35.0 Å². The van der Waals surface area contributed by atoms with E-state index in [2.05, 4.69) is 10.3 Å². The maximum Gasteiger partial charge on any atom is 0.252 e. The van der Waals surface area contributed by atoms with Crippen LogP contribution >= 0.6 is 0 Å². The second-order valence-corrected chi connectivity index (χ2v) is 7.72. The van der Waals surface area contributed by atoms with Crippen LogP contribution in [0.5, 0.6) is 0 Å². The molecule has 1 aromatic heterocycles. The van der Waals surface area contributed by atoms with Crippen LogP contribution in [-0.4, -0.2) is 40.5 Å². The lowest BCUT2D eigenvalue weighted by Gasteiger charge is -2.26. The molecule has 2 aromatic rings. The Morgan fingerprint density at radius 1 is 1.42 bits per heavy atom. The van der Waals surface area contributed by atoms with Crippen LogP contribution in [0.4, 0.5) is 8.78 Å². The van der Waals surface area contributed by atoms with Gasteiger partial charge >= 0.3 is 0 Å². The number of carbonyl (C=O) groups excluding carboxylic acids is 1. The Labute approximate surface area is 176 Å². The van der Waals surface area contributed by atoms with Crippen LogP contribution in [0, 0.1) is 46.2 Å². The van der Waals surface area contributed by atoms with E-state index in [1.54, 1.807) is 6.07 Å². The summed E-state index contributed by atoms with van der Waals surface area (Å²) < 4.78 is 28.9. The number of rotatable bonds is 4. The van der Waals surface area contributed by atoms with Gasteiger partial charge in [0, 0.05) is 27.0 Å². The molecule has 1 aliphatic rings. The summed E-state index contributed by atoms with van der Waals surface area (Å²) in [5, 5.41) is 20.9. The summed E-state index contributed by atoms with van der Waals surface area (Å²) >= 11 is 0. The second-order valence-electron chi connectivity index (χ2n) is 7.72. The van der Waals surface area contributed by atoms with Crippen molar-refractivity contribution in [3.05, 3.63) is 49.9 Å². The molecule has 4 atom stereocenters. The molecule has 0 radical (unpaired) electrons. The summed E-state index contributed by atoms with van der Waals surface area (Å²) in [7, 11) is 0. The fourth-order valence-electron chi connectivity index (χ4n) is 4.12. The lowest BCUT2D eigenvalue weighted by molar-refractivity contribution is -0.610. The number of halogens is 2. The number of fused-ring (bicyclic) bond motifs is 1. The Bertz CT molecular complexity index is 1210. The number of hydrogen-bond donors (Lipinski definition) is 2. The average Bonchev–Trinajstić information content (AvgIpc) is 2.70. The molecular weight excluding hydrogens is 408 g/mol. The van der Waals surface area contributed by atoms with Crippen LogP contribution in [0.1, 0.15) is 30.0 Å². The van der Waals surface area contributed by atoms with E-state index in [0.29, 0.717) is 10.3 Å². The minimum Gasteiger partial charge on any atom is -0.346 e. The van der Waals surface area contributed by atoms with Gasteiger partial charge in [0.15, 0.2) is 6.17 Å². The molecule has 1 amide bonds. The summed E-state index contributed by atoms with van der Waals surface area (Å²) in [6, 6.07) is 4.05. The molecule has 160 valence electrons. The number of alkyl halides is 1. The zero-order chi connectivity index (χ0) is 22.9. The Morgan fingerprint density at radius 3 is 2.74 bits per heavy atom. The number of aryl methyl sites for hydroxylation is 1. The lowest BCUT2D eigenvalue weighted by Crippen LogP contribution is -2.55. The number of nitroso groups, excluding NO2 is 1. The van der Waals surface area contributed by atoms with Crippen molar-refractivity contribution >= 4 is 16.8 Å². The highest BCUT2D eigenvalue weighted by molar-refractivity contribution is 5.90. The third kappa shape index (κ3) is 4.15. The predicted octanol–water partition coefficient (Wildman–Crippen LogP) is 1.92. The van der Waals surface area contributed by atoms with Gasteiger partial charge in [-0.25, -0.2) is 8.78 Å². The summed E-state index contributed by atoms with van der Waals surface area (Å²) in [6.07, 6.45) is -2.07. The number of benzene rings is 1. The highest BCUT2D eigenvalue weighted by Gasteiger charge is 2.47. The zero-order valence-corrected chi connectivity index (χ0v) is 16.9. The molecule has 1 fully saturated rings. The van der Waals surface area contributed by atoms with Crippen molar-refractivity contribution in [3.8, 4) is 12.1 Å². The molecule has 2 N–H and O–H groups in total. The molecule has 3 unspecified atom stereocenters. The van der Waals surface area contributed by atoms with Gasteiger partial charge in [-0.1, -0.05) is 0 Å². The first-order chi connectivity index (χ1) is 14.7. The number of hydrogen-bond acceptors (Lipinski definition) is 5. The summed E-state index contributed by atoms with van der Waals surface area (Å²) in [5.41, 5.74) is -0.192. The summed E-state index contributed by atoms with van der Waals surface area (Å²) in [5.74, 6) is -2.08. The number of aromatic amines is 1. The van der Waals surface area contributed by atoms with E-state index in [1.807, 2.05) is 6.07 Å². The van der Waals surface area contributed by atoms with Crippen molar-refractivity contribution in [3.63, 3.8) is 0 Å². The van der Waals surface area contributed by atoms with Crippen molar-refractivity contribution in [1.29, 1.82) is 10.5 Å². The van der Waals surface area contributed by atoms with Crippen LogP contribution in [0.3, 0.4) is 0 Å². The van der Waals surface area contributed by atoms with Crippen molar-refractivity contribution in [2.24, 2.45) is 5.92 Å². The topological polar surface area (TPSA) is 130 Å². The maximum absolute atomic E-state index is 14.4. The zero-order valence-electron chi connectivity index (χ0n) is 16.9. The molecule has 0 aliphatic carbocycles. The smallest absolute Gasteiger partial charge is 0.252 e. The van der Waals surface area contributed by atoms with Crippen LogP contribution < -0.4 is 10.9 Å². The molecule has 3 rings (SSSR count). The largest absolute Gasteiger partial charge is 0.346 e. The molecule has 8 nitrogen and oxygen atoms in total. The summed E-state index contributed by atoms with van der Waals surface area (Å²) in [4.78, 5) is 39.7. The van der Waals surface area contributed by atoms with Crippen LogP contribution in [-0.2, 0) is 11.2 Å². The van der Waals surface area contributed by atoms with Gasteiger partial charge < -0.3 is 10.3 Å². The van der Waals surface area contributed by atoms with Gasteiger partial charge in [-0.3, -0.25) is 9.59 Å². The van der Waals surface area contributed by atoms with Crippen LogP contribution in [0.2, 0.25) is 0 Å². The van der Waals surface area contributed by atoms with Gasteiger partial charge in [0.1, 0.15) is 17.8 Å². The molecule has 31 heavy (non-hydrogen) atoms. The highest BCUT2D eigenvalue weighted by Crippen LogP contribution is 2.25.